The third kappa shape index (κ3) is 3.16. The van der Waals surface area contributed by atoms with Crippen molar-refractivity contribution >= 4 is 33.7 Å². The highest BCUT2D eigenvalue weighted by molar-refractivity contribution is 6.65. The van der Waals surface area contributed by atoms with E-state index in [1.807, 2.05) is 0 Å². The van der Waals surface area contributed by atoms with Gasteiger partial charge >= 0.3 is 0 Å². The molecule has 2 rings (SSSR count). The van der Waals surface area contributed by atoms with Crippen molar-refractivity contribution in [2.45, 2.75) is 63.7 Å². The van der Waals surface area contributed by atoms with E-state index in [-0.39, 0.29) is 0 Å². The quantitative estimate of drug-likeness (QED) is 0.733. The van der Waals surface area contributed by atoms with Gasteiger partial charge < -0.3 is 18.9 Å². The molecular formula is C12H16Cl2O6. The van der Waals surface area contributed by atoms with Gasteiger partial charge in [0.1, 0.15) is 12.2 Å². The topological polar surface area (TPSA) is 71.1 Å². The van der Waals surface area contributed by atoms with Gasteiger partial charge in [-0.1, -0.05) is 0 Å². The molecule has 0 aliphatic carbocycles. The Morgan fingerprint density at radius 3 is 1.30 bits per heavy atom. The monoisotopic (exact) mass is 326 g/mol. The van der Waals surface area contributed by atoms with Crippen molar-refractivity contribution in [1.29, 1.82) is 0 Å². The van der Waals surface area contributed by atoms with E-state index >= 15 is 0 Å². The number of hydrogen-bond acceptors (Lipinski definition) is 6. The smallest absolute Gasteiger partial charge is 0.253 e. The zero-order valence-corrected chi connectivity index (χ0v) is 13.0. The van der Waals surface area contributed by atoms with Crippen molar-refractivity contribution in [2.24, 2.45) is 0 Å². The van der Waals surface area contributed by atoms with Crippen molar-refractivity contribution in [3.63, 3.8) is 0 Å². The first-order chi connectivity index (χ1) is 9.02. The number of hydrogen-bond donors (Lipinski definition) is 0. The highest BCUT2D eigenvalue weighted by Crippen LogP contribution is 2.39. The summed E-state index contributed by atoms with van der Waals surface area (Å²) in [4.78, 5) is 23.0. The summed E-state index contributed by atoms with van der Waals surface area (Å²) in [6, 6.07) is 0. The lowest BCUT2D eigenvalue weighted by atomic mass is 10.0. The minimum Gasteiger partial charge on any atom is -0.341 e. The van der Waals surface area contributed by atoms with E-state index in [4.69, 9.17) is 42.1 Å². The molecule has 0 bridgehead atoms. The molecule has 0 saturated carbocycles. The molecule has 0 radical (unpaired) electrons. The van der Waals surface area contributed by atoms with E-state index in [1.54, 1.807) is 27.7 Å². The zero-order chi connectivity index (χ0) is 15.3. The number of rotatable bonds is 3. The van der Waals surface area contributed by atoms with Crippen LogP contribution in [0.1, 0.15) is 27.7 Å². The molecule has 2 fully saturated rings. The van der Waals surface area contributed by atoms with Crippen LogP contribution in [0.25, 0.3) is 0 Å². The van der Waals surface area contributed by atoms with Gasteiger partial charge in [-0.05, 0) is 50.9 Å². The Balaban J connectivity index is 2.28. The molecule has 2 heterocycles. The number of carbonyl (C=O) groups excluding carboxylic acids is 2. The second kappa shape index (κ2) is 5.19. The third-order valence-electron chi connectivity index (χ3n) is 3.03. The second-order valence-corrected chi connectivity index (χ2v) is 6.39. The molecular weight excluding hydrogens is 311 g/mol. The van der Waals surface area contributed by atoms with Crippen LogP contribution < -0.4 is 0 Å². The summed E-state index contributed by atoms with van der Waals surface area (Å²) in [5.74, 6) is -2.04. The number of ether oxygens (including phenoxy) is 4. The predicted octanol–water partition coefficient (Wildman–Crippen LogP) is 1.56. The van der Waals surface area contributed by atoms with E-state index < -0.39 is 46.5 Å². The van der Waals surface area contributed by atoms with Crippen LogP contribution in [0.5, 0.6) is 0 Å². The van der Waals surface area contributed by atoms with E-state index in [2.05, 4.69) is 0 Å². The normalized spacial score (nSPS) is 38.9. The van der Waals surface area contributed by atoms with Crippen molar-refractivity contribution in [2.75, 3.05) is 0 Å². The molecule has 114 valence electrons. The Kier molecular flexibility index (Phi) is 4.19. The summed E-state index contributed by atoms with van der Waals surface area (Å²) >= 11 is 11.0. The average Bonchev–Trinajstić information content (AvgIpc) is 2.75. The van der Waals surface area contributed by atoms with Crippen molar-refractivity contribution in [3.8, 4) is 0 Å². The van der Waals surface area contributed by atoms with Crippen molar-refractivity contribution in [3.05, 3.63) is 0 Å². The SMILES string of the molecule is CC1(C)O[C@H]([C@@H]2OC(C)(C)O[C@H]2C(=O)Cl)[C@@H](C(=O)Cl)O1. The van der Waals surface area contributed by atoms with Gasteiger partial charge in [0.15, 0.2) is 23.8 Å². The van der Waals surface area contributed by atoms with Crippen LogP contribution in [0.2, 0.25) is 0 Å². The fraction of sp³-hybridized carbons (Fsp3) is 0.833. The van der Waals surface area contributed by atoms with Crippen LogP contribution in [0.4, 0.5) is 0 Å². The summed E-state index contributed by atoms with van der Waals surface area (Å²) in [5.41, 5.74) is 0. The average molecular weight is 327 g/mol. The van der Waals surface area contributed by atoms with E-state index in [0.717, 1.165) is 0 Å². The lowest BCUT2D eigenvalue weighted by molar-refractivity contribution is -0.175. The number of carbonyl (C=O) groups is 2. The third-order valence-corrected chi connectivity index (χ3v) is 3.46. The molecule has 0 spiro atoms. The van der Waals surface area contributed by atoms with Gasteiger partial charge in [-0.3, -0.25) is 9.59 Å². The Hall–Kier alpha value is -0.240. The highest BCUT2D eigenvalue weighted by atomic mass is 35.5. The maximum absolute atomic E-state index is 11.5. The summed E-state index contributed by atoms with van der Waals surface area (Å²) < 4.78 is 22.1. The second-order valence-electron chi connectivity index (χ2n) is 5.65. The van der Waals surface area contributed by atoms with Crippen molar-refractivity contribution in [1.82, 2.24) is 0 Å². The first kappa shape index (κ1) is 16.1. The lowest BCUT2D eigenvalue weighted by Crippen LogP contribution is -2.45. The molecule has 2 saturated heterocycles. The first-order valence-electron chi connectivity index (χ1n) is 6.12. The summed E-state index contributed by atoms with van der Waals surface area (Å²) in [6.07, 6.45) is -3.84. The van der Waals surface area contributed by atoms with E-state index in [1.165, 1.54) is 0 Å². The maximum Gasteiger partial charge on any atom is 0.253 e. The molecule has 0 aromatic heterocycles. The van der Waals surface area contributed by atoms with E-state index in [0.29, 0.717) is 0 Å². The first-order valence-corrected chi connectivity index (χ1v) is 6.88. The van der Waals surface area contributed by atoms with Gasteiger partial charge in [-0.2, -0.15) is 0 Å². The van der Waals surface area contributed by atoms with Gasteiger partial charge in [0.05, 0.1) is 0 Å². The van der Waals surface area contributed by atoms with Gasteiger partial charge in [0, 0.05) is 0 Å². The maximum atomic E-state index is 11.5. The molecule has 2 aliphatic heterocycles. The Morgan fingerprint density at radius 1 is 0.750 bits per heavy atom. The molecule has 2 aliphatic rings. The van der Waals surface area contributed by atoms with Crippen LogP contribution in [-0.2, 0) is 28.5 Å². The van der Waals surface area contributed by atoms with Gasteiger partial charge in [0.25, 0.3) is 10.5 Å². The zero-order valence-electron chi connectivity index (χ0n) is 11.5. The molecule has 0 aromatic carbocycles. The van der Waals surface area contributed by atoms with Crippen LogP contribution in [-0.4, -0.2) is 46.5 Å². The van der Waals surface area contributed by atoms with Crippen LogP contribution in [0.3, 0.4) is 0 Å². The van der Waals surface area contributed by atoms with E-state index in [9.17, 15) is 9.59 Å². The molecule has 8 heteroatoms. The van der Waals surface area contributed by atoms with Gasteiger partial charge in [-0.15, -0.1) is 0 Å². The fourth-order valence-corrected chi connectivity index (χ4v) is 2.75. The molecule has 20 heavy (non-hydrogen) atoms. The predicted molar refractivity (Wildman–Crippen MR) is 69.4 cm³/mol. The number of halogens is 2. The fourth-order valence-electron chi connectivity index (χ4n) is 2.41. The molecule has 0 N–H and O–H groups in total. The molecule has 0 amide bonds. The lowest BCUT2D eigenvalue weighted by Gasteiger charge is -2.23. The summed E-state index contributed by atoms with van der Waals surface area (Å²) in [7, 11) is 0. The standard InChI is InChI=1S/C12H16Cl2O6/c1-11(2)17-5(7(19-11)9(13)15)6-8(10(14)16)20-12(3,4)18-6/h5-8H,1-4H3/t5-,6+,7+,8-. The molecule has 0 aromatic rings. The minimum absolute atomic E-state index is 0.727. The Labute approximate surface area is 126 Å². The molecule has 4 atom stereocenters. The highest BCUT2D eigenvalue weighted by Gasteiger charge is 2.57. The molecule has 6 nitrogen and oxygen atoms in total. The van der Waals surface area contributed by atoms with Gasteiger partial charge in [-0.25, -0.2) is 0 Å². The van der Waals surface area contributed by atoms with Crippen LogP contribution in [0, 0.1) is 0 Å². The van der Waals surface area contributed by atoms with Crippen LogP contribution >= 0.6 is 23.2 Å². The van der Waals surface area contributed by atoms with Gasteiger partial charge in [0.2, 0.25) is 0 Å². The minimum atomic E-state index is -1.05. The van der Waals surface area contributed by atoms with Crippen LogP contribution in [0.15, 0.2) is 0 Å². The van der Waals surface area contributed by atoms with Crippen molar-refractivity contribution < 1.29 is 28.5 Å². The summed E-state index contributed by atoms with van der Waals surface area (Å²) in [5, 5.41) is -1.45. The largest absolute Gasteiger partial charge is 0.341 e. The Bertz CT molecular complexity index is 396. The Morgan fingerprint density at radius 2 is 1.05 bits per heavy atom. The molecule has 0 unspecified atom stereocenters. The summed E-state index contributed by atoms with van der Waals surface area (Å²) in [6.45, 7) is 6.55.